The number of benzene rings is 1. The Kier molecular flexibility index (Phi) is 6.08. The largest absolute Gasteiger partial charge is 0.444 e. The number of alkyl carbamates (subject to hydrolysis) is 1. The highest BCUT2D eigenvalue weighted by molar-refractivity contribution is 5.75. The summed E-state index contributed by atoms with van der Waals surface area (Å²) in [5, 5.41) is 22.5. The Bertz CT molecular complexity index is 536. The standard InChI is InChI=1S/C16H23NO5/c1-10-7-11(9-18)5-6-12(10)14(20)13(19)8-17-15(21)22-16(2,3)4/h5-7,9,13-14,19-20H,8H2,1-4H3,(H,17,21). The Hall–Kier alpha value is -1.92. The number of hydrogen-bond acceptors (Lipinski definition) is 5. The average molecular weight is 309 g/mol. The first kappa shape index (κ1) is 18.1. The predicted molar refractivity (Wildman–Crippen MR) is 81.8 cm³/mol. The van der Waals surface area contributed by atoms with Gasteiger partial charge in [0.1, 0.15) is 24.1 Å². The third-order valence-electron chi connectivity index (χ3n) is 2.97. The Morgan fingerprint density at radius 2 is 2.00 bits per heavy atom. The number of ether oxygens (including phenoxy) is 1. The number of aliphatic hydroxyl groups is 2. The highest BCUT2D eigenvalue weighted by Gasteiger charge is 2.22. The zero-order chi connectivity index (χ0) is 16.9. The van der Waals surface area contributed by atoms with Crippen molar-refractivity contribution in [3.8, 4) is 0 Å². The van der Waals surface area contributed by atoms with Crippen LogP contribution in [0.25, 0.3) is 0 Å². The molecule has 0 aromatic heterocycles. The molecule has 1 amide bonds. The van der Waals surface area contributed by atoms with E-state index in [4.69, 9.17) is 4.74 Å². The first-order valence-electron chi connectivity index (χ1n) is 7.02. The van der Waals surface area contributed by atoms with E-state index < -0.39 is 23.9 Å². The number of nitrogens with one attached hydrogen (secondary N) is 1. The molecule has 0 fully saturated rings. The predicted octanol–water partition coefficient (Wildman–Crippen LogP) is 1.73. The quantitative estimate of drug-likeness (QED) is 0.720. The third kappa shape index (κ3) is 5.46. The van der Waals surface area contributed by atoms with E-state index in [0.717, 1.165) is 0 Å². The van der Waals surface area contributed by atoms with Gasteiger partial charge in [0.25, 0.3) is 0 Å². The number of hydrogen-bond donors (Lipinski definition) is 3. The monoisotopic (exact) mass is 309 g/mol. The second-order valence-corrected chi connectivity index (χ2v) is 6.13. The molecule has 2 atom stereocenters. The van der Waals surface area contributed by atoms with E-state index in [0.29, 0.717) is 23.0 Å². The van der Waals surface area contributed by atoms with Crippen LogP contribution in [0, 0.1) is 6.92 Å². The fourth-order valence-corrected chi connectivity index (χ4v) is 1.93. The SMILES string of the molecule is Cc1cc(C=O)ccc1C(O)C(O)CNC(=O)OC(C)(C)C. The third-order valence-corrected chi connectivity index (χ3v) is 2.97. The molecule has 122 valence electrons. The summed E-state index contributed by atoms with van der Waals surface area (Å²) >= 11 is 0. The minimum absolute atomic E-state index is 0.148. The lowest BCUT2D eigenvalue weighted by atomic mass is 9.97. The summed E-state index contributed by atoms with van der Waals surface area (Å²) < 4.78 is 5.05. The van der Waals surface area contributed by atoms with Gasteiger partial charge in [0, 0.05) is 12.1 Å². The molecule has 1 aromatic rings. The van der Waals surface area contributed by atoms with Gasteiger partial charge in [-0.05, 0) is 44.9 Å². The normalized spacial score (nSPS) is 14.1. The Morgan fingerprint density at radius 1 is 1.36 bits per heavy atom. The molecule has 2 unspecified atom stereocenters. The molecular formula is C16H23NO5. The van der Waals surface area contributed by atoms with Gasteiger partial charge >= 0.3 is 6.09 Å². The number of rotatable bonds is 5. The zero-order valence-electron chi connectivity index (χ0n) is 13.3. The van der Waals surface area contributed by atoms with Gasteiger partial charge in [-0.1, -0.05) is 12.1 Å². The summed E-state index contributed by atoms with van der Waals surface area (Å²) in [7, 11) is 0. The molecular weight excluding hydrogens is 286 g/mol. The summed E-state index contributed by atoms with van der Waals surface area (Å²) in [6.45, 7) is 6.78. The first-order chi connectivity index (χ1) is 10.1. The van der Waals surface area contributed by atoms with Crippen LogP contribution in [0.4, 0.5) is 4.79 Å². The van der Waals surface area contributed by atoms with Crippen LogP contribution in [0.2, 0.25) is 0 Å². The summed E-state index contributed by atoms with van der Waals surface area (Å²) in [6.07, 6.45) is -2.31. The van der Waals surface area contributed by atoms with E-state index in [1.165, 1.54) is 0 Å². The summed E-state index contributed by atoms with van der Waals surface area (Å²) in [5.74, 6) is 0. The number of aliphatic hydroxyl groups excluding tert-OH is 2. The van der Waals surface area contributed by atoms with Crippen LogP contribution in [0.1, 0.15) is 48.4 Å². The van der Waals surface area contributed by atoms with Gasteiger partial charge in [-0.2, -0.15) is 0 Å². The lowest BCUT2D eigenvalue weighted by Crippen LogP contribution is -2.39. The molecule has 1 aromatic carbocycles. The Morgan fingerprint density at radius 3 is 2.50 bits per heavy atom. The van der Waals surface area contributed by atoms with Gasteiger partial charge in [-0.25, -0.2) is 4.79 Å². The highest BCUT2D eigenvalue weighted by atomic mass is 16.6. The molecule has 6 nitrogen and oxygen atoms in total. The maximum absolute atomic E-state index is 11.5. The minimum atomic E-state index is -1.19. The highest BCUT2D eigenvalue weighted by Crippen LogP contribution is 2.21. The maximum Gasteiger partial charge on any atom is 0.407 e. The van der Waals surface area contributed by atoms with Gasteiger partial charge in [0.05, 0.1) is 0 Å². The number of amides is 1. The van der Waals surface area contributed by atoms with E-state index in [9.17, 15) is 19.8 Å². The van der Waals surface area contributed by atoms with Crippen molar-refractivity contribution in [2.75, 3.05) is 6.54 Å². The molecule has 0 radical (unpaired) electrons. The molecule has 0 aliphatic heterocycles. The van der Waals surface area contributed by atoms with Crippen molar-refractivity contribution < 1.29 is 24.5 Å². The molecule has 22 heavy (non-hydrogen) atoms. The van der Waals surface area contributed by atoms with Crippen LogP contribution in [-0.4, -0.2) is 40.8 Å². The van der Waals surface area contributed by atoms with Crippen LogP contribution < -0.4 is 5.32 Å². The van der Waals surface area contributed by atoms with Crippen molar-refractivity contribution in [3.63, 3.8) is 0 Å². The van der Waals surface area contributed by atoms with Crippen LogP contribution in [0.3, 0.4) is 0 Å². The average Bonchev–Trinajstić information content (AvgIpc) is 2.42. The molecule has 0 heterocycles. The Labute approximate surface area is 130 Å². The lowest BCUT2D eigenvalue weighted by Gasteiger charge is -2.23. The van der Waals surface area contributed by atoms with E-state index in [2.05, 4.69) is 5.32 Å². The molecule has 0 saturated heterocycles. The molecule has 0 saturated carbocycles. The van der Waals surface area contributed by atoms with Crippen molar-refractivity contribution in [1.82, 2.24) is 5.32 Å². The van der Waals surface area contributed by atoms with E-state index in [-0.39, 0.29) is 6.54 Å². The number of carbonyl (C=O) groups excluding carboxylic acids is 2. The van der Waals surface area contributed by atoms with Gasteiger partial charge in [0.2, 0.25) is 0 Å². The maximum atomic E-state index is 11.5. The van der Waals surface area contributed by atoms with Crippen molar-refractivity contribution in [1.29, 1.82) is 0 Å². The lowest BCUT2D eigenvalue weighted by molar-refractivity contribution is 0.0126. The van der Waals surface area contributed by atoms with Crippen molar-refractivity contribution >= 4 is 12.4 Å². The second kappa shape index (κ2) is 7.38. The van der Waals surface area contributed by atoms with Crippen LogP contribution in [0.15, 0.2) is 18.2 Å². The summed E-state index contributed by atoms with van der Waals surface area (Å²) in [6, 6.07) is 4.77. The number of carbonyl (C=O) groups is 2. The molecule has 6 heteroatoms. The van der Waals surface area contributed by atoms with E-state index in [1.54, 1.807) is 45.9 Å². The zero-order valence-corrected chi connectivity index (χ0v) is 13.3. The summed E-state index contributed by atoms with van der Waals surface area (Å²) in [5.41, 5.74) is 1.06. The van der Waals surface area contributed by atoms with Crippen molar-refractivity contribution in [2.45, 2.75) is 45.5 Å². The molecule has 0 aliphatic rings. The van der Waals surface area contributed by atoms with Gasteiger partial charge < -0.3 is 20.3 Å². The molecule has 0 bridgehead atoms. The number of aldehydes is 1. The van der Waals surface area contributed by atoms with Crippen LogP contribution in [-0.2, 0) is 4.74 Å². The first-order valence-corrected chi connectivity index (χ1v) is 7.02. The Balaban J connectivity index is 2.64. The van der Waals surface area contributed by atoms with Gasteiger partial charge in [-0.3, -0.25) is 4.79 Å². The van der Waals surface area contributed by atoms with Crippen molar-refractivity contribution in [2.24, 2.45) is 0 Å². The molecule has 0 spiro atoms. The minimum Gasteiger partial charge on any atom is -0.444 e. The fraction of sp³-hybridized carbons (Fsp3) is 0.500. The topological polar surface area (TPSA) is 95.9 Å². The molecule has 3 N–H and O–H groups in total. The van der Waals surface area contributed by atoms with Crippen molar-refractivity contribution in [3.05, 3.63) is 34.9 Å². The second-order valence-electron chi connectivity index (χ2n) is 6.13. The van der Waals surface area contributed by atoms with E-state index >= 15 is 0 Å². The summed E-state index contributed by atoms with van der Waals surface area (Å²) in [4.78, 5) is 22.2. The van der Waals surface area contributed by atoms with Crippen LogP contribution >= 0.6 is 0 Å². The molecule has 0 aliphatic carbocycles. The smallest absolute Gasteiger partial charge is 0.407 e. The van der Waals surface area contributed by atoms with Gasteiger partial charge in [0.15, 0.2) is 0 Å². The molecule has 1 rings (SSSR count). The van der Waals surface area contributed by atoms with Gasteiger partial charge in [-0.15, -0.1) is 0 Å². The van der Waals surface area contributed by atoms with E-state index in [1.807, 2.05) is 0 Å². The van der Waals surface area contributed by atoms with Crippen LogP contribution in [0.5, 0.6) is 0 Å². The fourth-order valence-electron chi connectivity index (χ4n) is 1.93. The number of aryl methyl sites for hydroxylation is 1.